The Morgan fingerprint density at radius 3 is 2.81 bits per heavy atom. The smallest absolute Gasteiger partial charge is 0.247 e. The number of amides is 1. The Hall–Kier alpha value is -2.72. The van der Waals surface area contributed by atoms with Gasteiger partial charge in [0.1, 0.15) is 11.3 Å². The molecule has 8 nitrogen and oxygen atoms in total. The Kier molecular flexibility index (Phi) is 8.81. The first-order valence-electron chi connectivity index (χ1n) is 10.5. The van der Waals surface area contributed by atoms with Crippen molar-refractivity contribution in [1.29, 1.82) is 5.41 Å². The molecule has 2 aromatic rings. The zero-order valence-corrected chi connectivity index (χ0v) is 19.3. The summed E-state index contributed by atoms with van der Waals surface area (Å²) >= 11 is 1.39. The second kappa shape index (κ2) is 11.8. The maximum Gasteiger partial charge on any atom is 0.247 e. The molecule has 9 heteroatoms. The predicted octanol–water partition coefficient (Wildman–Crippen LogP) is 3.35. The number of rotatable bonds is 9. The second-order valence-electron chi connectivity index (χ2n) is 7.40. The molecule has 1 aromatic carbocycles. The highest BCUT2D eigenvalue weighted by Gasteiger charge is 2.15. The first kappa shape index (κ1) is 23.9. The van der Waals surface area contributed by atoms with E-state index in [4.69, 9.17) is 15.1 Å². The molecule has 1 aromatic heterocycles. The number of ether oxygens (including phenoxy) is 1. The lowest BCUT2D eigenvalue weighted by Crippen LogP contribution is -2.35. The molecule has 1 atom stereocenters. The van der Waals surface area contributed by atoms with E-state index in [-0.39, 0.29) is 11.4 Å². The molecular weight excluding hydrogens is 424 g/mol. The zero-order valence-electron chi connectivity index (χ0n) is 18.5. The van der Waals surface area contributed by atoms with Crippen molar-refractivity contribution < 1.29 is 9.53 Å². The highest BCUT2D eigenvalue weighted by Crippen LogP contribution is 2.26. The molecule has 170 valence electrons. The number of aromatic nitrogens is 1. The molecule has 1 aliphatic rings. The number of nitrogens with zero attached hydrogens (tertiary/aromatic N) is 2. The molecule has 1 amide bonds. The summed E-state index contributed by atoms with van der Waals surface area (Å²) in [6, 6.07) is 11.7. The molecule has 4 N–H and O–H groups in total. The molecule has 32 heavy (non-hydrogen) atoms. The molecule has 3 rings (SSSR count). The SMILES string of the molecule is C=CC(=O)Nc1cccc(-c2cc(CN3CCOCC3)cc(NC(NC)SC(C)=N)n2)c1. The summed E-state index contributed by atoms with van der Waals surface area (Å²) in [5.41, 5.74) is 3.34. The summed E-state index contributed by atoms with van der Waals surface area (Å²) < 4.78 is 5.47. The number of pyridine rings is 1. The minimum Gasteiger partial charge on any atom is -0.379 e. The third kappa shape index (κ3) is 7.16. The number of carbonyl (C=O) groups is 1. The summed E-state index contributed by atoms with van der Waals surface area (Å²) in [5.74, 6) is 0.467. The van der Waals surface area contributed by atoms with E-state index in [2.05, 4.69) is 33.5 Å². The molecule has 1 aliphatic heterocycles. The van der Waals surface area contributed by atoms with Gasteiger partial charge in [0.25, 0.3) is 0 Å². The van der Waals surface area contributed by atoms with E-state index in [0.717, 1.165) is 55.5 Å². The lowest BCUT2D eigenvalue weighted by molar-refractivity contribution is -0.111. The van der Waals surface area contributed by atoms with Crippen LogP contribution in [0.3, 0.4) is 0 Å². The maximum atomic E-state index is 11.7. The van der Waals surface area contributed by atoms with E-state index in [1.807, 2.05) is 37.4 Å². The summed E-state index contributed by atoms with van der Waals surface area (Å²) in [4.78, 5) is 18.9. The average molecular weight is 455 g/mol. The van der Waals surface area contributed by atoms with Crippen molar-refractivity contribution in [3.63, 3.8) is 0 Å². The Balaban J connectivity index is 1.92. The van der Waals surface area contributed by atoms with Gasteiger partial charge in [-0.2, -0.15) is 0 Å². The largest absolute Gasteiger partial charge is 0.379 e. The highest BCUT2D eigenvalue weighted by molar-refractivity contribution is 8.14. The van der Waals surface area contributed by atoms with Gasteiger partial charge in [-0.15, -0.1) is 0 Å². The molecule has 1 fully saturated rings. The van der Waals surface area contributed by atoms with Crippen molar-refractivity contribution in [2.75, 3.05) is 44.0 Å². The number of benzene rings is 1. The third-order valence-electron chi connectivity index (χ3n) is 4.84. The number of carbonyl (C=O) groups excluding carboxylic acids is 1. The van der Waals surface area contributed by atoms with E-state index >= 15 is 0 Å². The Morgan fingerprint density at radius 1 is 1.34 bits per heavy atom. The second-order valence-corrected chi connectivity index (χ2v) is 8.72. The van der Waals surface area contributed by atoms with Crippen molar-refractivity contribution in [1.82, 2.24) is 15.2 Å². The predicted molar refractivity (Wildman–Crippen MR) is 132 cm³/mol. The molecule has 0 saturated carbocycles. The monoisotopic (exact) mass is 454 g/mol. The number of hydrogen-bond acceptors (Lipinski definition) is 8. The molecule has 0 aliphatic carbocycles. The summed E-state index contributed by atoms with van der Waals surface area (Å²) in [5, 5.41) is 17.6. The van der Waals surface area contributed by atoms with Crippen molar-refractivity contribution in [3.05, 3.63) is 54.6 Å². The highest BCUT2D eigenvalue weighted by atomic mass is 32.2. The number of morpholine rings is 1. The van der Waals surface area contributed by atoms with Gasteiger partial charge in [0.15, 0.2) is 0 Å². The van der Waals surface area contributed by atoms with E-state index in [1.165, 1.54) is 17.8 Å². The van der Waals surface area contributed by atoms with Crippen LogP contribution in [0.4, 0.5) is 11.5 Å². The summed E-state index contributed by atoms with van der Waals surface area (Å²) in [6.45, 7) is 9.32. The zero-order chi connectivity index (χ0) is 22.9. The number of nitrogens with one attached hydrogen (secondary N) is 4. The van der Waals surface area contributed by atoms with Gasteiger partial charge in [0.05, 0.1) is 24.0 Å². The first-order chi connectivity index (χ1) is 15.5. The first-order valence-corrected chi connectivity index (χ1v) is 11.4. The molecule has 0 radical (unpaired) electrons. The standard InChI is InChI=1S/C23H30N6O2S/c1-4-22(30)26-19-7-5-6-18(14-19)20-12-17(15-29-8-10-31-11-9-29)13-21(27-20)28-23(25-3)32-16(2)24/h4-7,12-14,23-25H,1,8-11,15H2,2-3H3,(H,26,30)(H,27,28). The lowest BCUT2D eigenvalue weighted by Gasteiger charge is -2.27. The average Bonchev–Trinajstić information content (AvgIpc) is 2.79. The van der Waals surface area contributed by atoms with Crippen LogP contribution in [0.2, 0.25) is 0 Å². The van der Waals surface area contributed by atoms with Crippen LogP contribution in [0.25, 0.3) is 11.3 Å². The third-order valence-corrected chi connectivity index (χ3v) is 5.78. The van der Waals surface area contributed by atoms with Crippen LogP contribution in [0.1, 0.15) is 12.5 Å². The quantitative estimate of drug-likeness (QED) is 0.199. The van der Waals surface area contributed by atoms with Gasteiger partial charge in [-0.25, -0.2) is 4.98 Å². The van der Waals surface area contributed by atoms with E-state index in [0.29, 0.717) is 10.7 Å². The Labute approximate surface area is 193 Å². The van der Waals surface area contributed by atoms with E-state index < -0.39 is 0 Å². The van der Waals surface area contributed by atoms with Gasteiger partial charge < -0.3 is 15.4 Å². The van der Waals surface area contributed by atoms with Gasteiger partial charge in [0.2, 0.25) is 5.91 Å². The molecule has 0 bridgehead atoms. The van der Waals surface area contributed by atoms with Gasteiger partial charge in [-0.1, -0.05) is 30.5 Å². The molecular formula is C23H30N6O2S. The van der Waals surface area contributed by atoms with Crippen LogP contribution in [-0.4, -0.2) is 59.7 Å². The van der Waals surface area contributed by atoms with Crippen molar-refractivity contribution in [3.8, 4) is 11.3 Å². The minimum absolute atomic E-state index is 0.176. The van der Waals surface area contributed by atoms with E-state index in [1.54, 1.807) is 6.92 Å². The van der Waals surface area contributed by atoms with Gasteiger partial charge in [-0.05, 0) is 49.9 Å². The van der Waals surface area contributed by atoms with Crippen LogP contribution < -0.4 is 16.0 Å². The van der Waals surface area contributed by atoms with Crippen molar-refractivity contribution in [2.24, 2.45) is 0 Å². The molecule has 2 heterocycles. The van der Waals surface area contributed by atoms with Gasteiger partial charge in [-0.3, -0.25) is 20.4 Å². The number of hydrogen-bond donors (Lipinski definition) is 4. The topological polar surface area (TPSA) is 102 Å². The summed E-state index contributed by atoms with van der Waals surface area (Å²) in [7, 11) is 1.85. The van der Waals surface area contributed by atoms with E-state index in [9.17, 15) is 4.79 Å². The fourth-order valence-corrected chi connectivity index (χ4v) is 3.99. The lowest BCUT2D eigenvalue weighted by atomic mass is 10.1. The molecule has 1 saturated heterocycles. The van der Waals surface area contributed by atoms with Crippen LogP contribution in [0, 0.1) is 5.41 Å². The maximum absolute atomic E-state index is 11.7. The van der Waals surface area contributed by atoms with Crippen LogP contribution in [-0.2, 0) is 16.1 Å². The Bertz CT molecular complexity index is 961. The van der Waals surface area contributed by atoms with Gasteiger partial charge >= 0.3 is 0 Å². The van der Waals surface area contributed by atoms with Crippen LogP contribution in [0.5, 0.6) is 0 Å². The minimum atomic E-state index is -0.255. The van der Waals surface area contributed by atoms with Crippen LogP contribution >= 0.6 is 11.8 Å². The molecule has 1 unspecified atom stereocenters. The number of anilines is 2. The fraction of sp³-hybridized carbons (Fsp3) is 0.348. The van der Waals surface area contributed by atoms with Crippen LogP contribution in [0.15, 0.2) is 49.1 Å². The fourth-order valence-electron chi connectivity index (χ4n) is 3.34. The normalized spacial score (nSPS) is 15.1. The summed E-state index contributed by atoms with van der Waals surface area (Å²) in [6.07, 6.45) is 1.25. The van der Waals surface area contributed by atoms with Gasteiger partial charge in [0, 0.05) is 30.9 Å². The number of thioether (sulfide) groups is 1. The van der Waals surface area contributed by atoms with Crippen molar-refractivity contribution in [2.45, 2.75) is 19.0 Å². The van der Waals surface area contributed by atoms with Crippen molar-refractivity contribution >= 4 is 34.2 Å². The Morgan fingerprint density at radius 2 is 2.12 bits per heavy atom. The molecule has 0 spiro atoms.